The Labute approximate surface area is 328 Å². The Morgan fingerprint density at radius 1 is 0.509 bits per heavy atom. The molecule has 0 aliphatic rings. The van der Waals surface area contributed by atoms with Gasteiger partial charge < -0.3 is 9.97 Å². The van der Waals surface area contributed by atoms with Crippen LogP contribution in [-0.4, -0.2) is 9.97 Å². The van der Waals surface area contributed by atoms with E-state index in [-0.39, 0.29) is 20.1 Å². The molecule has 8 rings (SSSR count). The first-order valence-electron chi connectivity index (χ1n) is 18.3. The smallest absolute Gasteiger partial charge is 0.0167 e. The second kappa shape index (κ2) is 17.5. The van der Waals surface area contributed by atoms with Gasteiger partial charge in [0.05, 0.1) is 0 Å². The first-order chi connectivity index (χ1) is 25.4. The SMILES string of the molecule is CC(C)Cc1[c-]c(-c2nccc3c2ccc2ccccc23)cc(CC(C)C)c1.[Ir].[c-]1ccc(-c2ccccc2)cc1-c1cc(-c2ccccc2)ccn1. The van der Waals surface area contributed by atoms with Gasteiger partial charge >= 0.3 is 0 Å². The first kappa shape index (κ1) is 37.5. The fourth-order valence-corrected chi connectivity index (χ4v) is 6.93. The molecule has 0 spiro atoms. The van der Waals surface area contributed by atoms with Crippen LogP contribution in [0.2, 0.25) is 0 Å². The van der Waals surface area contributed by atoms with Crippen molar-refractivity contribution in [2.45, 2.75) is 40.5 Å². The van der Waals surface area contributed by atoms with Gasteiger partial charge in [0.1, 0.15) is 0 Å². The van der Waals surface area contributed by atoms with Crippen molar-refractivity contribution in [1.29, 1.82) is 0 Å². The summed E-state index contributed by atoms with van der Waals surface area (Å²) in [6.45, 7) is 9.09. The quantitative estimate of drug-likeness (QED) is 0.112. The molecule has 0 unspecified atom stereocenters. The van der Waals surface area contributed by atoms with Crippen molar-refractivity contribution in [3.63, 3.8) is 0 Å². The maximum absolute atomic E-state index is 4.79. The average Bonchev–Trinajstić information content (AvgIpc) is 3.18. The van der Waals surface area contributed by atoms with E-state index in [1.807, 2.05) is 36.7 Å². The Bertz CT molecular complexity index is 2310. The topological polar surface area (TPSA) is 25.8 Å². The molecule has 0 aliphatic carbocycles. The van der Waals surface area contributed by atoms with E-state index >= 15 is 0 Å². The molecule has 8 aromatic rings. The number of hydrogen-bond donors (Lipinski definition) is 0. The van der Waals surface area contributed by atoms with E-state index in [2.05, 4.69) is 166 Å². The number of aromatic nitrogens is 2. The zero-order valence-corrected chi connectivity index (χ0v) is 33.2. The van der Waals surface area contributed by atoms with E-state index in [9.17, 15) is 0 Å². The van der Waals surface area contributed by atoms with Gasteiger partial charge in [-0.2, -0.15) is 0 Å². The number of fused-ring (bicyclic) bond motifs is 3. The van der Waals surface area contributed by atoms with E-state index in [0.717, 1.165) is 35.4 Å². The van der Waals surface area contributed by atoms with Crippen molar-refractivity contribution in [3.05, 3.63) is 181 Å². The molecule has 0 bridgehead atoms. The van der Waals surface area contributed by atoms with Crippen molar-refractivity contribution < 1.29 is 20.1 Å². The van der Waals surface area contributed by atoms with Crippen LogP contribution in [0.25, 0.3) is 66.3 Å². The summed E-state index contributed by atoms with van der Waals surface area (Å²) in [5, 5.41) is 5.01. The Hall–Kier alpha value is -5.21. The summed E-state index contributed by atoms with van der Waals surface area (Å²) in [7, 11) is 0. The van der Waals surface area contributed by atoms with Crippen LogP contribution in [0.15, 0.2) is 158 Å². The van der Waals surface area contributed by atoms with Crippen molar-refractivity contribution in [3.8, 4) is 44.8 Å². The van der Waals surface area contributed by atoms with Gasteiger partial charge in [-0.1, -0.05) is 131 Å². The summed E-state index contributed by atoms with van der Waals surface area (Å²) >= 11 is 0. The van der Waals surface area contributed by atoms with E-state index in [1.165, 1.54) is 54.9 Å². The van der Waals surface area contributed by atoms with Crippen LogP contribution in [0.4, 0.5) is 0 Å². The summed E-state index contributed by atoms with van der Waals surface area (Å²) in [5.74, 6) is 1.24. The third kappa shape index (κ3) is 9.24. The minimum atomic E-state index is 0. The second-order valence-corrected chi connectivity index (χ2v) is 14.3. The van der Waals surface area contributed by atoms with Gasteiger partial charge in [-0.15, -0.1) is 70.3 Å². The van der Waals surface area contributed by atoms with Crippen LogP contribution in [0.3, 0.4) is 0 Å². The molecule has 2 heterocycles. The van der Waals surface area contributed by atoms with Crippen LogP contribution in [0.1, 0.15) is 38.8 Å². The monoisotopic (exact) mass is 865 g/mol. The molecule has 0 saturated heterocycles. The number of pyridine rings is 2. The fraction of sp³-hybridized carbons (Fsp3) is 0.160. The van der Waals surface area contributed by atoms with Crippen LogP contribution in [-0.2, 0) is 32.9 Å². The molecule has 0 aliphatic heterocycles. The van der Waals surface area contributed by atoms with Crippen LogP contribution < -0.4 is 0 Å². The molecule has 1 radical (unpaired) electrons. The normalized spacial score (nSPS) is 11.0. The maximum Gasteiger partial charge on any atom is 0.0167 e. The van der Waals surface area contributed by atoms with Gasteiger partial charge in [-0.3, -0.25) is 0 Å². The Balaban J connectivity index is 0.000000180. The maximum atomic E-state index is 4.79. The summed E-state index contributed by atoms with van der Waals surface area (Å²) < 4.78 is 0. The molecule has 2 nitrogen and oxygen atoms in total. The third-order valence-corrected chi connectivity index (χ3v) is 9.23. The molecule has 0 atom stereocenters. The fourth-order valence-electron chi connectivity index (χ4n) is 6.93. The molecular weight excluding hydrogens is 821 g/mol. The molecule has 265 valence electrons. The third-order valence-electron chi connectivity index (χ3n) is 9.23. The molecule has 0 saturated carbocycles. The van der Waals surface area contributed by atoms with Crippen molar-refractivity contribution in [1.82, 2.24) is 9.97 Å². The van der Waals surface area contributed by atoms with Crippen molar-refractivity contribution >= 4 is 21.5 Å². The molecular formula is C50H44IrN2-2. The van der Waals surface area contributed by atoms with E-state index in [0.29, 0.717) is 11.8 Å². The summed E-state index contributed by atoms with van der Waals surface area (Å²) in [6, 6.07) is 57.9. The van der Waals surface area contributed by atoms with Crippen LogP contribution >= 0.6 is 0 Å². The summed E-state index contributed by atoms with van der Waals surface area (Å²) in [5.41, 5.74) is 11.5. The first-order valence-corrected chi connectivity index (χ1v) is 18.3. The van der Waals surface area contributed by atoms with Gasteiger partial charge in [-0.25, -0.2) is 0 Å². The van der Waals surface area contributed by atoms with Gasteiger partial charge in [-0.05, 0) is 86.4 Å². The minimum absolute atomic E-state index is 0. The molecule has 2 aromatic heterocycles. The Kier molecular flexibility index (Phi) is 12.4. The van der Waals surface area contributed by atoms with Crippen LogP contribution in [0.5, 0.6) is 0 Å². The van der Waals surface area contributed by atoms with E-state index in [1.54, 1.807) is 0 Å². The van der Waals surface area contributed by atoms with E-state index < -0.39 is 0 Å². The predicted molar refractivity (Wildman–Crippen MR) is 220 cm³/mol. The molecule has 53 heavy (non-hydrogen) atoms. The van der Waals surface area contributed by atoms with Gasteiger partial charge in [0.25, 0.3) is 0 Å². The van der Waals surface area contributed by atoms with Crippen molar-refractivity contribution in [2.75, 3.05) is 0 Å². The number of nitrogens with zero attached hydrogens (tertiary/aromatic N) is 2. The molecule has 6 aromatic carbocycles. The van der Waals surface area contributed by atoms with Crippen molar-refractivity contribution in [2.24, 2.45) is 11.8 Å². The Morgan fingerprint density at radius 2 is 1.17 bits per heavy atom. The summed E-state index contributed by atoms with van der Waals surface area (Å²) in [6.07, 6.45) is 5.93. The molecule has 0 N–H and O–H groups in total. The largest absolute Gasteiger partial charge is 0.305 e. The molecule has 0 fully saturated rings. The van der Waals surface area contributed by atoms with Gasteiger partial charge in [0, 0.05) is 32.5 Å². The number of hydrogen-bond acceptors (Lipinski definition) is 2. The summed E-state index contributed by atoms with van der Waals surface area (Å²) in [4.78, 5) is 9.33. The zero-order valence-electron chi connectivity index (χ0n) is 30.8. The molecule has 0 amide bonds. The van der Waals surface area contributed by atoms with Crippen LogP contribution in [0, 0.1) is 24.0 Å². The standard InChI is InChI=1S/C27H28N.C23H16N.Ir/c1-18(2)13-20-15-21(14-19(3)4)17-23(16-20)27-26-10-9-22-7-5-6-8-24(22)25(26)11-12-28-27;1-3-8-18(9-4-1)20-12-7-13-22(16-20)23-17-21(14-15-24-23)19-10-5-2-6-11-19;/h5-12,15-16,18-19H,13-14H2,1-4H3;1-12,14-17H;/q2*-1;. The minimum Gasteiger partial charge on any atom is -0.305 e. The molecule has 3 heteroatoms. The Morgan fingerprint density at radius 3 is 1.89 bits per heavy atom. The van der Waals surface area contributed by atoms with Gasteiger partial charge in [0.2, 0.25) is 0 Å². The average molecular weight is 865 g/mol. The number of rotatable bonds is 8. The second-order valence-electron chi connectivity index (χ2n) is 14.3. The van der Waals surface area contributed by atoms with E-state index in [4.69, 9.17) is 4.98 Å². The predicted octanol–water partition coefficient (Wildman–Crippen LogP) is 13.1. The number of benzene rings is 6. The van der Waals surface area contributed by atoms with Gasteiger partial charge in [0.15, 0.2) is 0 Å². The zero-order chi connectivity index (χ0) is 35.9.